The van der Waals surface area contributed by atoms with Gasteiger partial charge in [-0.05, 0) is 23.9 Å². The van der Waals surface area contributed by atoms with Crippen LogP contribution in [0, 0.1) is 0 Å². The second kappa shape index (κ2) is 5.56. The van der Waals surface area contributed by atoms with Crippen LogP contribution in [0.25, 0.3) is 11.0 Å². The van der Waals surface area contributed by atoms with E-state index in [0.29, 0.717) is 5.69 Å². The van der Waals surface area contributed by atoms with E-state index in [4.69, 9.17) is 5.11 Å². The van der Waals surface area contributed by atoms with Crippen LogP contribution in [0.5, 0.6) is 0 Å². The maximum atomic E-state index is 10.6. The smallest absolute Gasteiger partial charge is 0.309 e. The van der Waals surface area contributed by atoms with E-state index in [-0.39, 0.29) is 6.42 Å². The molecule has 2 heterocycles. The monoisotopic (exact) mass is 303 g/mol. The highest BCUT2D eigenvalue weighted by Crippen LogP contribution is 2.29. The Morgan fingerprint density at radius 2 is 2.05 bits per heavy atom. The third kappa shape index (κ3) is 2.94. The second-order valence-electron chi connectivity index (χ2n) is 3.97. The lowest BCUT2D eigenvalue weighted by molar-refractivity contribution is -0.136. The van der Waals surface area contributed by atoms with Crippen LogP contribution >= 0.6 is 23.1 Å². The van der Waals surface area contributed by atoms with Gasteiger partial charge in [0.15, 0.2) is 4.34 Å². The molecule has 3 rings (SSSR count). The third-order valence-electron chi connectivity index (χ3n) is 2.48. The van der Waals surface area contributed by atoms with Crippen LogP contribution in [-0.2, 0) is 11.2 Å². The van der Waals surface area contributed by atoms with Crippen LogP contribution in [0.4, 0.5) is 0 Å². The molecule has 0 amide bonds. The first-order chi connectivity index (χ1) is 9.70. The summed E-state index contributed by atoms with van der Waals surface area (Å²) in [7, 11) is 0. The van der Waals surface area contributed by atoms with Crippen molar-refractivity contribution in [1.82, 2.24) is 15.0 Å². The van der Waals surface area contributed by atoms with Gasteiger partial charge in [-0.15, -0.1) is 11.3 Å². The molecule has 0 aliphatic carbocycles. The Labute approximate surface area is 122 Å². The zero-order chi connectivity index (χ0) is 13.9. The van der Waals surface area contributed by atoms with Crippen LogP contribution in [0.3, 0.4) is 0 Å². The number of carbonyl (C=O) groups is 1. The highest BCUT2D eigenvalue weighted by molar-refractivity contribution is 8.01. The van der Waals surface area contributed by atoms with Crippen molar-refractivity contribution in [2.75, 3.05) is 0 Å². The Morgan fingerprint density at radius 1 is 1.25 bits per heavy atom. The van der Waals surface area contributed by atoms with E-state index in [1.165, 1.54) is 23.1 Å². The van der Waals surface area contributed by atoms with Crippen LogP contribution in [0.1, 0.15) is 5.69 Å². The summed E-state index contributed by atoms with van der Waals surface area (Å²) in [6.07, 6.45) is 1.64. The summed E-state index contributed by atoms with van der Waals surface area (Å²) in [5.41, 5.74) is 2.25. The maximum Gasteiger partial charge on any atom is 0.309 e. The number of hydrogen-bond acceptors (Lipinski definition) is 6. The Bertz CT molecular complexity index is 773. The first-order valence-electron chi connectivity index (χ1n) is 5.76. The number of thiazole rings is 1. The molecular weight excluding hydrogens is 294 g/mol. The SMILES string of the molecule is O=C(O)Cc1csc(Sc2cnc3ccccc3n2)n1. The molecule has 2 aromatic heterocycles. The van der Waals surface area contributed by atoms with Gasteiger partial charge >= 0.3 is 5.97 Å². The molecule has 0 spiro atoms. The van der Waals surface area contributed by atoms with Crippen LogP contribution < -0.4 is 0 Å². The van der Waals surface area contributed by atoms with Gasteiger partial charge in [-0.3, -0.25) is 9.78 Å². The minimum Gasteiger partial charge on any atom is -0.481 e. The van der Waals surface area contributed by atoms with Crippen molar-refractivity contribution in [3.8, 4) is 0 Å². The molecule has 0 aliphatic rings. The number of carboxylic acid groups (broad SMARTS) is 1. The number of rotatable bonds is 4. The van der Waals surface area contributed by atoms with E-state index in [2.05, 4.69) is 15.0 Å². The van der Waals surface area contributed by atoms with Gasteiger partial charge in [0.25, 0.3) is 0 Å². The Morgan fingerprint density at radius 3 is 2.85 bits per heavy atom. The lowest BCUT2D eigenvalue weighted by atomic mass is 10.3. The second-order valence-corrected chi connectivity index (χ2v) is 6.10. The number of hydrogen-bond donors (Lipinski definition) is 1. The quantitative estimate of drug-likeness (QED) is 0.798. The van der Waals surface area contributed by atoms with Gasteiger partial charge in [0.1, 0.15) is 5.03 Å². The molecule has 7 heteroatoms. The predicted molar refractivity (Wildman–Crippen MR) is 77.1 cm³/mol. The van der Waals surface area contributed by atoms with Crippen LogP contribution in [0.15, 0.2) is 45.2 Å². The molecule has 0 bridgehead atoms. The molecule has 0 saturated heterocycles. The normalized spacial score (nSPS) is 10.8. The van der Waals surface area contributed by atoms with Crippen molar-refractivity contribution < 1.29 is 9.90 Å². The highest BCUT2D eigenvalue weighted by Gasteiger charge is 2.08. The molecule has 100 valence electrons. The lowest BCUT2D eigenvalue weighted by Crippen LogP contribution is -1.99. The minimum atomic E-state index is -0.877. The molecule has 0 fully saturated rings. The molecule has 5 nitrogen and oxygen atoms in total. The van der Waals surface area contributed by atoms with Crippen molar-refractivity contribution >= 4 is 40.1 Å². The number of fused-ring (bicyclic) bond motifs is 1. The number of aromatic nitrogens is 3. The molecule has 3 aromatic rings. The predicted octanol–water partition coefficient (Wildman–Crippen LogP) is 2.86. The van der Waals surface area contributed by atoms with Gasteiger partial charge in [0, 0.05) is 5.38 Å². The number of para-hydroxylation sites is 2. The van der Waals surface area contributed by atoms with Gasteiger partial charge in [0.2, 0.25) is 0 Å². The first-order valence-corrected chi connectivity index (χ1v) is 7.46. The van der Waals surface area contributed by atoms with E-state index in [1.54, 1.807) is 11.6 Å². The molecule has 0 saturated carbocycles. The van der Waals surface area contributed by atoms with Crippen molar-refractivity contribution in [3.63, 3.8) is 0 Å². The molecule has 0 aliphatic heterocycles. The van der Waals surface area contributed by atoms with E-state index < -0.39 is 5.97 Å². The summed E-state index contributed by atoms with van der Waals surface area (Å²) in [6.45, 7) is 0. The topological polar surface area (TPSA) is 76.0 Å². The van der Waals surface area contributed by atoms with Crippen LogP contribution in [-0.4, -0.2) is 26.0 Å². The Kier molecular flexibility index (Phi) is 3.62. The van der Waals surface area contributed by atoms with E-state index in [0.717, 1.165) is 20.4 Å². The average Bonchev–Trinajstić information content (AvgIpc) is 2.85. The number of carboxylic acids is 1. The molecule has 0 atom stereocenters. The zero-order valence-electron chi connectivity index (χ0n) is 10.2. The van der Waals surface area contributed by atoms with Gasteiger partial charge in [-0.2, -0.15) is 0 Å². The number of nitrogens with zero attached hydrogens (tertiary/aromatic N) is 3. The summed E-state index contributed by atoms with van der Waals surface area (Å²) in [5, 5.41) is 11.2. The fourth-order valence-corrected chi connectivity index (χ4v) is 3.38. The third-order valence-corrected chi connectivity index (χ3v) is 4.37. The minimum absolute atomic E-state index is 0.0551. The molecular formula is C13H9N3O2S2. The number of benzene rings is 1. The largest absolute Gasteiger partial charge is 0.481 e. The van der Waals surface area contributed by atoms with Crippen molar-refractivity contribution in [2.24, 2.45) is 0 Å². The fraction of sp³-hybridized carbons (Fsp3) is 0.0769. The van der Waals surface area contributed by atoms with Gasteiger partial charge < -0.3 is 5.11 Å². The summed E-state index contributed by atoms with van der Waals surface area (Å²) < 4.78 is 0.769. The molecule has 1 N–H and O–H groups in total. The standard InChI is InChI=1S/C13H9N3O2S2/c17-12(18)5-8-7-19-13(15-8)20-11-6-14-9-3-1-2-4-10(9)16-11/h1-4,6-7H,5H2,(H,17,18). The van der Waals surface area contributed by atoms with Gasteiger partial charge in [-0.25, -0.2) is 9.97 Å². The van der Waals surface area contributed by atoms with Gasteiger partial charge in [-0.1, -0.05) is 12.1 Å². The molecule has 0 unspecified atom stereocenters. The van der Waals surface area contributed by atoms with Crippen LogP contribution in [0.2, 0.25) is 0 Å². The molecule has 1 aromatic carbocycles. The Hall–Kier alpha value is -1.99. The van der Waals surface area contributed by atoms with Crippen molar-refractivity contribution in [1.29, 1.82) is 0 Å². The van der Waals surface area contributed by atoms with E-state index >= 15 is 0 Å². The van der Waals surface area contributed by atoms with E-state index in [9.17, 15) is 4.79 Å². The highest BCUT2D eigenvalue weighted by atomic mass is 32.2. The molecule has 0 radical (unpaired) electrons. The summed E-state index contributed by atoms with van der Waals surface area (Å²) >= 11 is 2.80. The number of aliphatic carboxylic acids is 1. The lowest BCUT2D eigenvalue weighted by Gasteiger charge is -1.99. The fourth-order valence-electron chi connectivity index (χ4n) is 1.65. The van der Waals surface area contributed by atoms with Crippen molar-refractivity contribution in [2.45, 2.75) is 15.8 Å². The van der Waals surface area contributed by atoms with Gasteiger partial charge in [0.05, 0.1) is 29.3 Å². The summed E-state index contributed by atoms with van der Waals surface area (Å²) in [5.74, 6) is -0.877. The average molecular weight is 303 g/mol. The van der Waals surface area contributed by atoms with E-state index in [1.807, 2.05) is 24.3 Å². The zero-order valence-corrected chi connectivity index (χ0v) is 11.8. The maximum absolute atomic E-state index is 10.6. The first kappa shape index (κ1) is 13.0. The Balaban J connectivity index is 1.81. The van der Waals surface area contributed by atoms with Crippen molar-refractivity contribution in [3.05, 3.63) is 41.5 Å². The summed E-state index contributed by atoms with van der Waals surface area (Å²) in [6, 6.07) is 7.65. The summed E-state index contributed by atoms with van der Waals surface area (Å²) in [4.78, 5) is 23.7. The molecule has 20 heavy (non-hydrogen) atoms.